The third-order valence-electron chi connectivity index (χ3n) is 8.93. The minimum atomic E-state index is -0.191. The fourth-order valence-corrected chi connectivity index (χ4v) is 6.32. The van der Waals surface area contributed by atoms with Crippen LogP contribution in [0.15, 0.2) is 97.1 Å². The van der Waals surface area contributed by atoms with Gasteiger partial charge in [0.05, 0.1) is 10.0 Å². The van der Waals surface area contributed by atoms with E-state index in [4.69, 9.17) is 32.7 Å². The normalized spacial score (nSPS) is 14.5. The number of piperidine rings is 2. The fraction of sp³-hybridized carbons (Fsp3) is 0.300. The van der Waals surface area contributed by atoms with E-state index in [-0.39, 0.29) is 36.1 Å². The van der Waals surface area contributed by atoms with E-state index in [1.54, 1.807) is 84.6 Å². The van der Waals surface area contributed by atoms with E-state index < -0.39 is 0 Å². The van der Waals surface area contributed by atoms with E-state index in [9.17, 15) is 19.2 Å². The summed E-state index contributed by atoms with van der Waals surface area (Å²) in [5.41, 5.74) is 2.19. The first kappa shape index (κ1) is 39.7. The van der Waals surface area contributed by atoms with Crippen LogP contribution in [0.1, 0.15) is 46.4 Å². The fourth-order valence-electron chi connectivity index (χ4n) is 5.96. The Labute approximate surface area is 325 Å². The number of urea groups is 2. The lowest BCUT2D eigenvalue weighted by Gasteiger charge is -2.32. The number of ether oxygens (including phenoxy) is 2. The van der Waals surface area contributed by atoms with Gasteiger partial charge in [-0.25, -0.2) is 9.59 Å². The molecule has 0 aromatic heterocycles. The maximum Gasteiger partial charge on any atom is 0.321 e. The topological polar surface area (TPSA) is 141 Å². The Balaban J connectivity index is 0.000000208. The molecule has 2 aliphatic rings. The zero-order chi connectivity index (χ0) is 38.5. The number of nitrogens with one attached hydrogen (secondary N) is 4. The minimum absolute atomic E-state index is 0.0329. The van der Waals surface area contributed by atoms with Crippen LogP contribution < -0.4 is 30.7 Å². The van der Waals surface area contributed by atoms with Crippen molar-refractivity contribution in [3.8, 4) is 11.5 Å². The molecule has 2 aliphatic heterocycles. The van der Waals surface area contributed by atoms with Crippen LogP contribution in [0.4, 0.5) is 21.0 Å². The Morgan fingerprint density at radius 1 is 0.556 bits per heavy atom. The molecule has 0 unspecified atom stereocenters. The number of halogens is 2. The predicted octanol–water partition coefficient (Wildman–Crippen LogP) is 7.55. The van der Waals surface area contributed by atoms with Crippen molar-refractivity contribution in [1.82, 2.24) is 20.4 Å². The number of hydrogen-bond acceptors (Lipinski definition) is 6. The van der Waals surface area contributed by atoms with Crippen LogP contribution >= 0.6 is 23.2 Å². The number of benzene rings is 4. The van der Waals surface area contributed by atoms with Gasteiger partial charge in [0.1, 0.15) is 23.7 Å². The van der Waals surface area contributed by atoms with Crippen molar-refractivity contribution < 1.29 is 28.7 Å². The average Bonchev–Trinajstić information content (AvgIpc) is 3.20. The summed E-state index contributed by atoms with van der Waals surface area (Å²) in [6.45, 7) is 2.37. The average molecular weight is 776 g/mol. The first-order valence-electron chi connectivity index (χ1n) is 17.7. The number of rotatable bonds is 8. The second kappa shape index (κ2) is 19.6. The highest BCUT2D eigenvalue weighted by Gasteiger charge is 2.26. The smallest absolute Gasteiger partial charge is 0.321 e. The molecule has 0 bridgehead atoms. The van der Waals surface area contributed by atoms with Gasteiger partial charge in [0.2, 0.25) is 0 Å². The van der Waals surface area contributed by atoms with Gasteiger partial charge >= 0.3 is 12.1 Å². The number of anilines is 2. The van der Waals surface area contributed by atoms with E-state index in [0.29, 0.717) is 70.2 Å². The van der Waals surface area contributed by atoms with E-state index in [1.165, 1.54) is 0 Å². The summed E-state index contributed by atoms with van der Waals surface area (Å²) in [5.74, 6) is 0.966. The number of hydrogen-bond donors (Lipinski definition) is 4. The van der Waals surface area contributed by atoms with Crippen molar-refractivity contribution in [3.05, 3.63) is 118 Å². The molecule has 0 atom stereocenters. The third-order valence-corrected chi connectivity index (χ3v) is 9.55. The predicted molar refractivity (Wildman–Crippen MR) is 211 cm³/mol. The Morgan fingerprint density at radius 3 is 1.28 bits per heavy atom. The van der Waals surface area contributed by atoms with Crippen LogP contribution in [0.5, 0.6) is 11.5 Å². The number of carbonyl (C=O) groups is 4. The molecule has 6 amide bonds. The zero-order valence-corrected chi connectivity index (χ0v) is 31.7. The lowest BCUT2D eigenvalue weighted by atomic mass is 10.1. The van der Waals surface area contributed by atoms with Gasteiger partial charge in [-0.15, -0.1) is 0 Å². The van der Waals surface area contributed by atoms with Crippen LogP contribution in [0.25, 0.3) is 0 Å². The van der Waals surface area contributed by atoms with Gasteiger partial charge in [-0.05, 0) is 60.7 Å². The van der Waals surface area contributed by atoms with Crippen molar-refractivity contribution in [3.63, 3.8) is 0 Å². The van der Waals surface area contributed by atoms with Gasteiger partial charge in [0.15, 0.2) is 0 Å². The summed E-state index contributed by atoms with van der Waals surface area (Å²) in [6, 6.07) is 28.1. The summed E-state index contributed by atoms with van der Waals surface area (Å²) in [5, 5.41) is 12.0. The van der Waals surface area contributed by atoms with Crippen molar-refractivity contribution in [2.75, 3.05) is 50.9 Å². The molecule has 4 aromatic carbocycles. The number of likely N-dealkylation sites (tertiary alicyclic amines) is 2. The number of nitrogens with zero attached hydrogens (tertiary/aromatic N) is 2. The number of carbonyl (C=O) groups excluding carboxylic acids is 4. The Hall–Kier alpha value is -5.46. The van der Waals surface area contributed by atoms with Crippen molar-refractivity contribution >= 4 is 58.5 Å². The van der Waals surface area contributed by atoms with Crippen LogP contribution in [-0.2, 0) is 0 Å². The molecule has 4 N–H and O–H groups in total. The summed E-state index contributed by atoms with van der Waals surface area (Å²) < 4.78 is 11.9. The molecule has 14 heteroatoms. The second-order valence-electron chi connectivity index (χ2n) is 12.6. The highest BCUT2D eigenvalue weighted by molar-refractivity contribution is 6.32. The van der Waals surface area contributed by atoms with Gasteiger partial charge < -0.3 is 40.5 Å². The molecular formula is C40H44Cl2N6O6. The molecule has 6 rings (SSSR count). The molecule has 12 nitrogen and oxygen atoms in total. The third kappa shape index (κ3) is 11.3. The first-order chi connectivity index (χ1) is 26.1. The molecule has 54 heavy (non-hydrogen) atoms. The number of para-hydroxylation sites is 2. The molecule has 0 aliphatic carbocycles. The lowest BCUT2D eigenvalue weighted by molar-refractivity contribution is 0.0955. The summed E-state index contributed by atoms with van der Waals surface area (Å²) >= 11 is 12.3. The van der Waals surface area contributed by atoms with Gasteiger partial charge in [-0.3, -0.25) is 9.59 Å². The van der Waals surface area contributed by atoms with E-state index in [2.05, 4.69) is 21.3 Å². The highest BCUT2D eigenvalue weighted by Crippen LogP contribution is 2.28. The maximum atomic E-state index is 12.5. The SMILES string of the molecule is CNC(=O)c1cccc(NC(=O)N2CCC(Oc3ccccc3Cl)CC2)c1.CNC(=O)c1cccc(NC(=O)N2CCC(Oc3ccccc3Cl)CC2)c1. The quantitative estimate of drug-likeness (QED) is 0.146. The standard InChI is InChI=1S/2C20H22ClN3O3/c2*1-22-19(25)14-5-4-6-15(13-14)23-20(26)24-11-9-16(10-12-24)27-18-8-3-2-7-17(18)21/h2*2-8,13,16H,9-12H2,1H3,(H,22,25)(H,23,26). The first-order valence-corrected chi connectivity index (χ1v) is 18.5. The van der Waals surface area contributed by atoms with Gasteiger partial charge in [0, 0.05) is 88.5 Å². The molecule has 0 spiro atoms. The van der Waals surface area contributed by atoms with Crippen molar-refractivity contribution in [2.45, 2.75) is 37.9 Å². The largest absolute Gasteiger partial charge is 0.489 e. The second-order valence-corrected chi connectivity index (χ2v) is 13.5. The minimum Gasteiger partial charge on any atom is -0.489 e. The van der Waals surface area contributed by atoms with E-state index in [1.807, 2.05) is 36.4 Å². The Morgan fingerprint density at radius 2 is 0.926 bits per heavy atom. The zero-order valence-electron chi connectivity index (χ0n) is 30.1. The lowest BCUT2D eigenvalue weighted by Crippen LogP contribution is -2.43. The van der Waals surface area contributed by atoms with Crippen LogP contribution in [-0.4, -0.2) is 86.2 Å². The van der Waals surface area contributed by atoms with Gasteiger partial charge in [0.25, 0.3) is 11.8 Å². The number of amides is 6. The van der Waals surface area contributed by atoms with Crippen LogP contribution in [0.2, 0.25) is 10.0 Å². The monoisotopic (exact) mass is 774 g/mol. The Bertz CT molecular complexity index is 1780. The summed E-state index contributed by atoms with van der Waals surface area (Å²) in [7, 11) is 3.14. The van der Waals surface area contributed by atoms with Gasteiger partial charge in [-0.1, -0.05) is 59.6 Å². The molecule has 284 valence electrons. The summed E-state index contributed by atoms with van der Waals surface area (Å²) in [6.07, 6.45) is 3.00. The van der Waals surface area contributed by atoms with E-state index >= 15 is 0 Å². The molecule has 2 heterocycles. The molecular weight excluding hydrogens is 731 g/mol. The highest BCUT2D eigenvalue weighted by atomic mass is 35.5. The maximum absolute atomic E-state index is 12.5. The molecule has 0 radical (unpaired) electrons. The summed E-state index contributed by atoms with van der Waals surface area (Å²) in [4.78, 5) is 51.9. The Kier molecular flexibility index (Phi) is 14.4. The van der Waals surface area contributed by atoms with E-state index in [0.717, 1.165) is 25.7 Å². The van der Waals surface area contributed by atoms with Crippen molar-refractivity contribution in [2.24, 2.45) is 0 Å². The van der Waals surface area contributed by atoms with Gasteiger partial charge in [-0.2, -0.15) is 0 Å². The van der Waals surface area contributed by atoms with Crippen LogP contribution in [0.3, 0.4) is 0 Å². The molecule has 0 saturated carbocycles. The molecule has 2 saturated heterocycles. The van der Waals surface area contributed by atoms with Crippen molar-refractivity contribution in [1.29, 1.82) is 0 Å². The van der Waals surface area contributed by atoms with Crippen LogP contribution in [0, 0.1) is 0 Å². The molecule has 2 fully saturated rings. The molecule has 4 aromatic rings.